The number of nitrogens with zero attached hydrogens (tertiary/aromatic N) is 3. The molecule has 0 fully saturated rings. The summed E-state index contributed by atoms with van der Waals surface area (Å²) >= 11 is 0. The Morgan fingerprint density at radius 3 is 2.35 bits per heavy atom. The first-order valence-electron chi connectivity index (χ1n) is 7.01. The summed E-state index contributed by atoms with van der Waals surface area (Å²) in [6, 6.07) is 17.7. The predicted molar refractivity (Wildman–Crippen MR) is 94.3 cm³/mol. The van der Waals surface area contributed by atoms with E-state index in [1.54, 1.807) is 0 Å². The highest BCUT2D eigenvalue weighted by molar-refractivity contribution is 5.93. The van der Waals surface area contributed by atoms with Crippen LogP contribution in [0, 0.1) is 0 Å². The SMILES string of the molecule is NC(N)=NC(N)=Nc1ccc(-c2cnc3ccccc3c2)cc1. The number of pyridine rings is 1. The second-order valence-corrected chi connectivity index (χ2v) is 4.97. The first-order valence-corrected chi connectivity index (χ1v) is 7.01. The maximum Gasteiger partial charge on any atom is 0.223 e. The molecule has 3 aromatic rings. The van der Waals surface area contributed by atoms with Gasteiger partial charge in [0.15, 0.2) is 5.96 Å². The molecule has 6 heteroatoms. The van der Waals surface area contributed by atoms with Gasteiger partial charge in [0.25, 0.3) is 0 Å². The van der Waals surface area contributed by atoms with Crippen molar-refractivity contribution in [2.75, 3.05) is 0 Å². The third-order valence-corrected chi connectivity index (χ3v) is 3.28. The Morgan fingerprint density at radius 1 is 0.870 bits per heavy atom. The van der Waals surface area contributed by atoms with Crippen molar-refractivity contribution >= 4 is 28.5 Å². The number of para-hydroxylation sites is 1. The summed E-state index contributed by atoms with van der Waals surface area (Å²) in [4.78, 5) is 12.3. The normalized spacial score (nSPS) is 11.4. The van der Waals surface area contributed by atoms with Gasteiger partial charge >= 0.3 is 0 Å². The number of fused-ring (bicyclic) bond motifs is 1. The first-order chi connectivity index (χ1) is 11.1. The van der Waals surface area contributed by atoms with Crippen LogP contribution in [0.4, 0.5) is 5.69 Å². The molecule has 114 valence electrons. The number of hydrogen-bond donors (Lipinski definition) is 3. The summed E-state index contributed by atoms with van der Waals surface area (Å²) in [7, 11) is 0. The van der Waals surface area contributed by atoms with E-state index in [4.69, 9.17) is 17.2 Å². The standard InChI is InChI=1S/C17H16N6/c18-16(19)23-17(20)22-14-7-5-11(6-8-14)13-9-12-3-1-2-4-15(12)21-10-13/h1-10H,(H6,18,19,20,22,23). The molecule has 23 heavy (non-hydrogen) atoms. The molecule has 2 aromatic carbocycles. The van der Waals surface area contributed by atoms with E-state index >= 15 is 0 Å². The van der Waals surface area contributed by atoms with Crippen LogP contribution in [-0.4, -0.2) is 16.9 Å². The average molecular weight is 304 g/mol. The zero-order chi connectivity index (χ0) is 16.2. The smallest absolute Gasteiger partial charge is 0.223 e. The van der Waals surface area contributed by atoms with Crippen LogP contribution < -0.4 is 17.2 Å². The molecule has 1 heterocycles. The Hall–Kier alpha value is -3.41. The molecule has 0 unspecified atom stereocenters. The summed E-state index contributed by atoms with van der Waals surface area (Å²) in [5, 5.41) is 1.10. The Kier molecular flexibility index (Phi) is 3.88. The highest BCUT2D eigenvalue weighted by atomic mass is 15.1. The molecular weight excluding hydrogens is 288 g/mol. The number of benzene rings is 2. The lowest BCUT2D eigenvalue weighted by molar-refractivity contribution is 1.38. The van der Waals surface area contributed by atoms with Crippen LogP contribution in [0.15, 0.2) is 70.8 Å². The number of rotatable bonds is 2. The fourth-order valence-electron chi connectivity index (χ4n) is 2.25. The highest BCUT2D eigenvalue weighted by Gasteiger charge is 2.01. The Balaban J connectivity index is 1.90. The second kappa shape index (κ2) is 6.15. The zero-order valence-corrected chi connectivity index (χ0v) is 12.3. The zero-order valence-electron chi connectivity index (χ0n) is 12.3. The van der Waals surface area contributed by atoms with Gasteiger partial charge in [-0.15, -0.1) is 0 Å². The molecule has 0 aliphatic carbocycles. The minimum Gasteiger partial charge on any atom is -0.370 e. The van der Waals surface area contributed by atoms with Crippen LogP contribution in [0.1, 0.15) is 0 Å². The summed E-state index contributed by atoms with van der Waals surface area (Å²) in [6.45, 7) is 0. The van der Waals surface area contributed by atoms with Gasteiger partial charge < -0.3 is 17.2 Å². The van der Waals surface area contributed by atoms with Gasteiger partial charge in [0.2, 0.25) is 5.96 Å². The molecule has 6 N–H and O–H groups in total. The van der Waals surface area contributed by atoms with Gasteiger partial charge in [-0.1, -0.05) is 30.3 Å². The molecule has 0 bridgehead atoms. The predicted octanol–water partition coefficient (Wildman–Crippen LogP) is 2.12. The third kappa shape index (κ3) is 3.44. The van der Waals surface area contributed by atoms with Gasteiger partial charge in [-0.3, -0.25) is 4.98 Å². The summed E-state index contributed by atoms with van der Waals surface area (Å²) in [5.74, 6) is -0.102. The van der Waals surface area contributed by atoms with Crippen molar-refractivity contribution in [3.63, 3.8) is 0 Å². The lowest BCUT2D eigenvalue weighted by atomic mass is 10.1. The maximum absolute atomic E-state index is 5.61. The lowest BCUT2D eigenvalue weighted by Gasteiger charge is -2.04. The maximum atomic E-state index is 5.61. The molecule has 0 aliphatic heterocycles. The van der Waals surface area contributed by atoms with Crippen molar-refractivity contribution in [2.45, 2.75) is 0 Å². The van der Waals surface area contributed by atoms with E-state index in [9.17, 15) is 0 Å². The number of hydrogen-bond acceptors (Lipinski definition) is 2. The number of aliphatic imine (C=N–C) groups is 2. The minimum atomic E-state index is -0.120. The molecular formula is C17H16N6. The minimum absolute atomic E-state index is 0.0186. The summed E-state index contributed by atoms with van der Waals surface area (Å²) in [6.07, 6.45) is 1.86. The summed E-state index contributed by atoms with van der Waals surface area (Å²) in [5.41, 5.74) is 19.8. The lowest BCUT2D eigenvalue weighted by Crippen LogP contribution is -2.26. The molecule has 3 rings (SSSR count). The topological polar surface area (TPSA) is 116 Å². The van der Waals surface area contributed by atoms with E-state index in [0.29, 0.717) is 5.69 Å². The average Bonchev–Trinajstić information content (AvgIpc) is 2.54. The van der Waals surface area contributed by atoms with E-state index in [-0.39, 0.29) is 11.9 Å². The molecule has 0 aliphatic rings. The van der Waals surface area contributed by atoms with Crippen LogP contribution in [0.5, 0.6) is 0 Å². The second-order valence-electron chi connectivity index (χ2n) is 4.97. The van der Waals surface area contributed by atoms with Gasteiger partial charge in [-0.05, 0) is 29.8 Å². The van der Waals surface area contributed by atoms with Gasteiger partial charge in [0.1, 0.15) is 0 Å². The van der Waals surface area contributed by atoms with Gasteiger partial charge in [-0.2, -0.15) is 4.99 Å². The Bertz CT molecular complexity index is 892. The van der Waals surface area contributed by atoms with Crippen molar-refractivity contribution in [1.82, 2.24) is 4.98 Å². The van der Waals surface area contributed by atoms with Crippen LogP contribution in [0.2, 0.25) is 0 Å². The summed E-state index contributed by atoms with van der Waals surface area (Å²) < 4.78 is 0. The van der Waals surface area contributed by atoms with Crippen LogP contribution >= 0.6 is 0 Å². The first kappa shape index (κ1) is 14.5. The number of nitrogens with two attached hydrogens (primary N) is 3. The quantitative estimate of drug-likeness (QED) is 0.496. The van der Waals surface area contributed by atoms with E-state index < -0.39 is 0 Å². The Morgan fingerprint density at radius 2 is 1.61 bits per heavy atom. The number of guanidine groups is 2. The molecule has 0 radical (unpaired) electrons. The van der Waals surface area contributed by atoms with Crippen molar-refractivity contribution < 1.29 is 0 Å². The molecule has 0 saturated heterocycles. The van der Waals surface area contributed by atoms with Gasteiger partial charge in [-0.25, -0.2) is 4.99 Å². The molecule has 0 atom stereocenters. The van der Waals surface area contributed by atoms with Gasteiger partial charge in [0.05, 0.1) is 11.2 Å². The fraction of sp³-hybridized carbons (Fsp3) is 0. The number of aromatic nitrogens is 1. The van der Waals surface area contributed by atoms with Crippen molar-refractivity contribution in [2.24, 2.45) is 27.2 Å². The monoisotopic (exact) mass is 304 g/mol. The van der Waals surface area contributed by atoms with Crippen LogP contribution in [0.3, 0.4) is 0 Å². The van der Waals surface area contributed by atoms with Crippen molar-refractivity contribution in [3.8, 4) is 11.1 Å². The fourth-order valence-corrected chi connectivity index (χ4v) is 2.25. The molecule has 6 nitrogen and oxygen atoms in total. The van der Waals surface area contributed by atoms with E-state index in [1.165, 1.54) is 0 Å². The molecule has 0 saturated carbocycles. The highest BCUT2D eigenvalue weighted by Crippen LogP contribution is 2.24. The largest absolute Gasteiger partial charge is 0.370 e. The van der Waals surface area contributed by atoms with Crippen LogP contribution in [0.25, 0.3) is 22.0 Å². The van der Waals surface area contributed by atoms with E-state index in [2.05, 4.69) is 21.0 Å². The Labute approximate surface area is 133 Å². The van der Waals surface area contributed by atoms with Gasteiger partial charge in [0, 0.05) is 17.1 Å². The van der Waals surface area contributed by atoms with E-state index in [0.717, 1.165) is 22.0 Å². The third-order valence-electron chi connectivity index (χ3n) is 3.28. The molecule has 0 spiro atoms. The van der Waals surface area contributed by atoms with Crippen molar-refractivity contribution in [3.05, 3.63) is 60.8 Å². The van der Waals surface area contributed by atoms with E-state index in [1.807, 2.05) is 54.7 Å². The molecule has 1 aromatic heterocycles. The van der Waals surface area contributed by atoms with Crippen LogP contribution in [-0.2, 0) is 0 Å². The molecule has 0 amide bonds. The van der Waals surface area contributed by atoms with Crippen molar-refractivity contribution in [1.29, 1.82) is 0 Å².